The Morgan fingerprint density at radius 3 is 2.62 bits per heavy atom. The molecule has 0 saturated carbocycles. The van der Waals surface area contributed by atoms with Gasteiger partial charge >= 0.3 is 0 Å². The topological polar surface area (TPSA) is 15.3 Å². The van der Waals surface area contributed by atoms with Crippen LogP contribution < -0.4 is 5.32 Å². The van der Waals surface area contributed by atoms with Crippen molar-refractivity contribution in [2.45, 2.75) is 25.9 Å². The molecule has 1 atom stereocenters. The Balaban J connectivity index is 2.15. The average molecular weight is 279 g/mol. The van der Waals surface area contributed by atoms with E-state index >= 15 is 0 Å². The van der Waals surface area contributed by atoms with Gasteiger partial charge in [-0.15, -0.1) is 11.3 Å². The van der Waals surface area contributed by atoms with Gasteiger partial charge in [-0.2, -0.15) is 0 Å². The first-order valence-corrected chi connectivity index (χ1v) is 7.12. The maximum absolute atomic E-state index is 6.20. The van der Waals surface area contributed by atoms with Gasteiger partial charge in [0.2, 0.25) is 0 Å². The number of hydrogen-bond acceptors (Lipinski definition) is 3. The summed E-state index contributed by atoms with van der Waals surface area (Å²) in [5.74, 6) is 0. The maximum atomic E-state index is 6.20. The van der Waals surface area contributed by atoms with Crippen molar-refractivity contribution < 1.29 is 0 Å². The molecule has 1 aliphatic rings. The molecule has 16 heavy (non-hydrogen) atoms. The highest BCUT2D eigenvalue weighted by molar-refractivity contribution is 7.20. The van der Waals surface area contributed by atoms with Gasteiger partial charge in [-0.3, -0.25) is 4.90 Å². The molecule has 1 aromatic rings. The first kappa shape index (κ1) is 12.7. The van der Waals surface area contributed by atoms with Gasteiger partial charge in [-0.1, -0.05) is 30.1 Å². The van der Waals surface area contributed by atoms with E-state index < -0.39 is 0 Å². The van der Waals surface area contributed by atoms with Crippen LogP contribution in [-0.2, 0) is 0 Å². The van der Waals surface area contributed by atoms with Gasteiger partial charge in [0.15, 0.2) is 0 Å². The molecule has 1 fully saturated rings. The SMILES string of the molecule is CCN(C1CNC1)C(C)c1cc(Cl)sc1Cl. The zero-order chi connectivity index (χ0) is 11.7. The Morgan fingerprint density at radius 2 is 2.25 bits per heavy atom. The lowest BCUT2D eigenvalue weighted by atomic mass is 10.0. The van der Waals surface area contributed by atoms with Crippen LogP contribution in [0.2, 0.25) is 8.67 Å². The van der Waals surface area contributed by atoms with E-state index in [2.05, 4.69) is 24.1 Å². The van der Waals surface area contributed by atoms with Crippen molar-refractivity contribution >= 4 is 34.5 Å². The summed E-state index contributed by atoms with van der Waals surface area (Å²) in [7, 11) is 0. The number of nitrogens with zero attached hydrogens (tertiary/aromatic N) is 1. The van der Waals surface area contributed by atoms with Gasteiger partial charge in [0, 0.05) is 30.7 Å². The predicted octanol–water partition coefficient (Wildman–Crippen LogP) is 3.41. The molecule has 0 spiro atoms. The van der Waals surface area contributed by atoms with Crippen molar-refractivity contribution in [2.24, 2.45) is 0 Å². The van der Waals surface area contributed by atoms with E-state index in [9.17, 15) is 0 Å². The molecule has 1 aliphatic heterocycles. The van der Waals surface area contributed by atoms with E-state index in [1.807, 2.05) is 6.07 Å². The van der Waals surface area contributed by atoms with E-state index in [1.165, 1.54) is 11.3 Å². The molecule has 1 N–H and O–H groups in total. The largest absolute Gasteiger partial charge is 0.314 e. The fraction of sp³-hybridized carbons (Fsp3) is 0.636. The summed E-state index contributed by atoms with van der Waals surface area (Å²) in [5, 5.41) is 3.30. The van der Waals surface area contributed by atoms with Crippen molar-refractivity contribution in [3.05, 3.63) is 20.3 Å². The minimum Gasteiger partial charge on any atom is -0.314 e. The molecule has 2 heterocycles. The molecule has 90 valence electrons. The number of nitrogens with one attached hydrogen (secondary N) is 1. The molecule has 0 aliphatic carbocycles. The number of thiophene rings is 1. The fourth-order valence-electron chi connectivity index (χ4n) is 2.17. The van der Waals surface area contributed by atoms with Gasteiger partial charge in [-0.05, 0) is 19.5 Å². The summed E-state index contributed by atoms with van der Waals surface area (Å²) in [6.07, 6.45) is 0. The third kappa shape index (κ3) is 2.39. The second kappa shape index (κ2) is 5.23. The minimum absolute atomic E-state index is 0.341. The Kier molecular flexibility index (Phi) is 4.14. The van der Waals surface area contributed by atoms with Crippen molar-refractivity contribution in [1.29, 1.82) is 0 Å². The molecule has 1 aromatic heterocycles. The van der Waals surface area contributed by atoms with E-state index in [1.54, 1.807) is 0 Å². The monoisotopic (exact) mass is 278 g/mol. The van der Waals surface area contributed by atoms with Crippen LogP contribution in [0.5, 0.6) is 0 Å². The first-order valence-electron chi connectivity index (χ1n) is 5.54. The molecule has 1 saturated heterocycles. The number of rotatable bonds is 4. The average Bonchev–Trinajstić information content (AvgIpc) is 2.50. The Bertz CT molecular complexity index is 363. The maximum Gasteiger partial charge on any atom is 0.0991 e. The normalized spacial score (nSPS) is 18.8. The second-order valence-electron chi connectivity index (χ2n) is 4.10. The molecular formula is C11H16Cl2N2S. The van der Waals surface area contributed by atoms with E-state index in [0.717, 1.165) is 33.9 Å². The summed E-state index contributed by atoms with van der Waals surface area (Å²) in [4.78, 5) is 2.47. The van der Waals surface area contributed by atoms with Gasteiger partial charge in [-0.25, -0.2) is 0 Å². The van der Waals surface area contributed by atoms with Crippen LogP contribution in [-0.4, -0.2) is 30.6 Å². The van der Waals surface area contributed by atoms with Gasteiger partial charge < -0.3 is 5.32 Å². The number of halogens is 2. The Hall–Kier alpha value is 0.200. The summed E-state index contributed by atoms with van der Waals surface area (Å²) >= 11 is 13.6. The summed E-state index contributed by atoms with van der Waals surface area (Å²) < 4.78 is 1.60. The van der Waals surface area contributed by atoms with Crippen molar-refractivity contribution in [3.63, 3.8) is 0 Å². The molecule has 1 unspecified atom stereocenters. The van der Waals surface area contributed by atoms with Crippen molar-refractivity contribution in [2.75, 3.05) is 19.6 Å². The molecule has 0 amide bonds. The third-order valence-electron chi connectivity index (χ3n) is 3.22. The van der Waals surface area contributed by atoms with E-state index in [0.29, 0.717) is 12.1 Å². The quantitative estimate of drug-likeness (QED) is 0.908. The lowest BCUT2D eigenvalue weighted by Gasteiger charge is -2.41. The van der Waals surface area contributed by atoms with Crippen LogP contribution in [0.15, 0.2) is 6.07 Å². The highest BCUT2D eigenvalue weighted by Gasteiger charge is 2.29. The first-order chi connectivity index (χ1) is 7.63. The summed E-state index contributed by atoms with van der Waals surface area (Å²) in [5.41, 5.74) is 1.16. The molecule has 0 bridgehead atoms. The van der Waals surface area contributed by atoms with Crippen LogP contribution in [0.1, 0.15) is 25.5 Å². The van der Waals surface area contributed by atoms with Crippen molar-refractivity contribution in [3.8, 4) is 0 Å². The molecule has 2 rings (SSSR count). The molecule has 5 heteroatoms. The summed E-state index contributed by atoms with van der Waals surface area (Å²) in [6, 6.07) is 2.97. The fourth-order valence-corrected chi connectivity index (χ4v) is 3.81. The zero-order valence-corrected chi connectivity index (χ0v) is 11.8. The molecule has 2 nitrogen and oxygen atoms in total. The van der Waals surface area contributed by atoms with E-state index in [-0.39, 0.29) is 0 Å². The van der Waals surface area contributed by atoms with Crippen LogP contribution >= 0.6 is 34.5 Å². The highest BCUT2D eigenvalue weighted by Crippen LogP contribution is 2.37. The predicted molar refractivity (Wildman–Crippen MR) is 71.8 cm³/mol. The standard InChI is InChI=1S/C11H16Cl2N2S/c1-3-15(8-5-14-6-8)7(2)9-4-10(12)16-11(9)13/h4,7-8,14H,3,5-6H2,1-2H3. The van der Waals surface area contributed by atoms with E-state index in [4.69, 9.17) is 23.2 Å². The highest BCUT2D eigenvalue weighted by atomic mass is 35.5. The number of likely N-dealkylation sites (N-methyl/N-ethyl adjacent to an activating group) is 1. The van der Waals surface area contributed by atoms with Gasteiger partial charge in [0.1, 0.15) is 0 Å². The summed E-state index contributed by atoms with van der Waals surface area (Å²) in [6.45, 7) is 7.58. The number of hydrogen-bond donors (Lipinski definition) is 1. The van der Waals surface area contributed by atoms with Crippen LogP contribution in [0.25, 0.3) is 0 Å². The lowest BCUT2D eigenvalue weighted by Crippen LogP contribution is -2.57. The lowest BCUT2D eigenvalue weighted by molar-refractivity contribution is 0.110. The molecular weight excluding hydrogens is 263 g/mol. The third-order valence-corrected chi connectivity index (χ3v) is 4.74. The van der Waals surface area contributed by atoms with Crippen LogP contribution in [0.4, 0.5) is 0 Å². The minimum atomic E-state index is 0.341. The van der Waals surface area contributed by atoms with Gasteiger partial charge in [0.05, 0.1) is 8.67 Å². The van der Waals surface area contributed by atoms with Crippen LogP contribution in [0.3, 0.4) is 0 Å². The smallest absolute Gasteiger partial charge is 0.0991 e. The van der Waals surface area contributed by atoms with Gasteiger partial charge in [0.25, 0.3) is 0 Å². The Morgan fingerprint density at radius 1 is 1.56 bits per heavy atom. The van der Waals surface area contributed by atoms with Crippen molar-refractivity contribution in [1.82, 2.24) is 10.2 Å². The van der Waals surface area contributed by atoms with Crippen LogP contribution in [0, 0.1) is 0 Å². The second-order valence-corrected chi connectivity index (χ2v) is 6.38. The zero-order valence-electron chi connectivity index (χ0n) is 9.46. The molecule has 0 radical (unpaired) electrons. The Labute approximate surface area is 111 Å². The molecule has 0 aromatic carbocycles.